The quantitative estimate of drug-likeness (QED) is 0.921. The van der Waals surface area contributed by atoms with Crippen LogP contribution in [0.1, 0.15) is 30.0 Å². The Morgan fingerprint density at radius 2 is 1.90 bits per heavy atom. The summed E-state index contributed by atoms with van der Waals surface area (Å²) in [5.41, 5.74) is 1.84. The van der Waals surface area contributed by atoms with Crippen molar-refractivity contribution < 1.29 is 13.9 Å². The van der Waals surface area contributed by atoms with E-state index in [0.717, 1.165) is 34.1 Å². The van der Waals surface area contributed by atoms with Crippen LogP contribution in [-0.2, 0) is 13.0 Å². The maximum atomic E-state index is 13.2. The fraction of sp³-hybridized carbons (Fsp3) is 0.357. The number of rotatable bonds is 4. The molecule has 0 bridgehead atoms. The largest absolute Gasteiger partial charge is 0.388 e. The molecule has 0 aliphatic heterocycles. The van der Waals surface area contributed by atoms with Crippen molar-refractivity contribution in [2.45, 2.75) is 32.9 Å². The number of aromatic nitrogens is 2. The van der Waals surface area contributed by atoms with Gasteiger partial charge in [0.1, 0.15) is 11.6 Å². The third kappa shape index (κ3) is 3.07. The summed E-state index contributed by atoms with van der Waals surface area (Å²) in [4.78, 5) is 0. The Bertz CT molecular complexity index is 608. The molecule has 1 heterocycles. The molecular weight excluding hydrogens is 330 g/mol. The van der Waals surface area contributed by atoms with E-state index in [1.807, 2.05) is 13.8 Å². The van der Waals surface area contributed by atoms with Crippen molar-refractivity contribution in [2.75, 3.05) is 0 Å². The predicted molar refractivity (Wildman–Crippen MR) is 75.4 cm³/mol. The molecule has 1 aromatic heterocycles. The molecule has 0 amide bonds. The van der Waals surface area contributed by atoms with Crippen LogP contribution in [0.15, 0.2) is 22.7 Å². The molecule has 0 radical (unpaired) electrons. The first-order valence-corrected chi connectivity index (χ1v) is 7.07. The number of hydrogen-bond donors (Lipinski definition) is 1. The molecule has 1 N–H and O–H groups in total. The summed E-state index contributed by atoms with van der Waals surface area (Å²) < 4.78 is 28.9. The molecule has 108 valence electrons. The van der Waals surface area contributed by atoms with Crippen molar-refractivity contribution in [2.24, 2.45) is 0 Å². The van der Waals surface area contributed by atoms with Crippen LogP contribution in [0.4, 0.5) is 8.78 Å². The third-order valence-corrected chi connectivity index (χ3v) is 4.14. The maximum Gasteiger partial charge on any atom is 0.126 e. The lowest BCUT2D eigenvalue weighted by Crippen LogP contribution is -2.09. The van der Waals surface area contributed by atoms with Crippen molar-refractivity contribution in [1.82, 2.24) is 9.78 Å². The molecule has 0 aliphatic rings. The summed E-state index contributed by atoms with van der Waals surface area (Å²) in [5.74, 6) is -1.39. The number of nitrogens with zero attached hydrogens (tertiary/aromatic N) is 2. The maximum absolute atomic E-state index is 13.2. The van der Waals surface area contributed by atoms with Gasteiger partial charge in [-0.3, -0.25) is 4.68 Å². The summed E-state index contributed by atoms with van der Waals surface area (Å²) >= 11 is 3.43. The molecule has 20 heavy (non-hydrogen) atoms. The topological polar surface area (TPSA) is 38.0 Å². The lowest BCUT2D eigenvalue weighted by Gasteiger charge is -2.13. The van der Waals surface area contributed by atoms with Gasteiger partial charge < -0.3 is 5.11 Å². The fourth-order valence-electron chi connectivity index (χ4n) is 2.13. The van der Waals surface area contributed by atoms with Gasteiger partial charge in [-0.2, -0.15) is 5.10 Å². The first-order valence-electron chi connectivity index (χ1n) is 6.28. The lowest BCUT2D eigenvalue weighted by molar-refractivity contribution is 0.174. The van der Waals surface area contributed by atoms with E-state index >= 15 is 0 Å². The van der Waals surface area contributed by atoms with Crippen LogP contribution in [0.25, 0.3) is 0 Å². The van der Waals surface area contributed by atoms with Crippen LogP contribution in [-0.4, -0.2) is 14.9 Å². The van der Waals surface area contributed by atoms with Crippen molar-refractivity contribution in [1.29, 1.82) is 0 Å². The van der Waals surface area contributed by atoms with Crippen molar-refractivity contribution in [3.05, 3.63) is 51.3 Å². The SMILES string of the molecule is CCn1nc(C)c(Br)c1CC(O)c1cc(F)cc(F)c1. The molecule has 0 saturated heterocycles. The molecular formula is C14H15BrF2N2O. The highest BCUT2D eigenvalue weighted by molar-refractivity contribution is 9.10. The number of halogens is 3. The molecule has 3 nitrogen and oxygen atoms in total. The van der Waals surface area contributed by atoms with Crippen molar-refractivity contribution in [3.63, 3.8) is 0 Å². The predicted octanol–water partition coefficient (Wildman–Crippen LogP) is 3.53. The van der Waals surface area contributed by atoms with Crippen LogP contribution in [0.5, 0.6) is 0 Å². The average molecular weight is 345 g/mol. The second-order valence-corrected chi connectivity index (χ2v) is 5.38. The zero-order valence-electron chi connectivity index (χ0n) is 11.2. The Balaban J connectivity index is 2.29. The molecule has 0 spiro atoms. The first-order chi connectivity index (χ1) is 9.42. The molecule has 0 aliphatic carbocycles. The standard InChI is InChI=1S/C14H15BrF2N2O/c1-3-19-12(14(15)8(2)18-19)7-13(20)9-4-10(16)6-11(17)5-9/h4-6,13,20H,3,7H2,1-2H3. The van der Waals surface area contributed by atoms with Crippen LogP contribution >= 0.6 is 15.9 Å². The van der Waals surface area contributed by atoms with E-state index in [2.05, 4.69) is 21.0 Å². The minimum absolute atomic E-state index is 0.218. The Morgan fingerprint density at radius 3 is 2.45 bits per heavy atom. The van der Waals surface area contributed by atoms with Gasteiger partial charge in [0.05, 0.1) is 22.0 Å². The molecule has 2 rings (SSSR count). The molecule has 6 heteroatoms. The average Bonchev–Trinajstić information content (AvgIpc) is 2.65. The highest BCUT2D eigenvalue weighted by Gasteiger charge is 2.18. The molecule has 2 aromatic rings. The highest BCUT2D eigenvalue weighted by Crippen LogP contribution is 2.27. The number of hydrogen-bond acceptors (Lipinski definition) is 2. The van der Waals surface area contributed by atoms with E-state index < -0.39 is 17.7 Å². The van der Waals surface area contributed by atoms with Crippen molar-refractivity contribution in [3.8, 4) is 0 Å². The highest BCUT2D eigenvalue weighted by atomic mass is 79.9. The zero-order chi connectivity index (χ0) is 14.9. The monoisotopic (exact) mass is 344 g/mol. The molecule has 1 unspecified atom stereocenters. The summed E-state index contributed by atoms with van der Waals surface area (Å²) in [6.45, 7) is 4.45. The number of aliphatic hydroxyl groups is 1. The lowest BCUT2D eigenvalue weighted by atomic mass is 10.0. The van der Waals surface area contributed by atoms with Crippen LogP contribution < -0.4 is 0 Å². The molecule has 1 atom stereocenters. The molecule has 1 aromatic carbocycles. The van der Waals surface area contributed by atoms with Gasteiger partial charge in [0.15, 0.2) is 0 Å². The van der Waals surface area contributed by atoms with Crippen LogP contribution in [0.2, 0.25) is 0 Å². The minimum atomic E-state index is -0.988. The van der Waals surface area contributed by atoms with Gasteiger partial charge in [-0.05, 0) is 47.5 Å². The second kappa shape index (κ2) is 6.01. The van der Waals surface area contributed by atoms with Crippen molar-refractivity contribution >= 4 is 15.9 Å². The van der Waals surface area contributed by atoms with E-state index in [1.165, 1.54) is 0 Å². The molecule has 0 saturated carbocycles. The van der Waals surface area contributed by atoms with Gasteiger partial charge in [-0.1, -0.05) is 0 Å². The Kier molecular flexibility index (Phi) is 4.55. The second-order valence-electron chi connectivity index (χ2n) is 4.58. The van der Waals surface area contributed by atoms with Gasteiger partial charge in [0.25, 0.3) is 0 Å². The number of benzene rings is 1. The van der Waals surface area contributed by atoms with E-state index in [9.17, 15) is 13.9 Å². The Morgan fingerprint density at radius 1 is 1.30 bits per heavy atom. The van der Waals surface area contributed by atoms with E-state index in [4.69, 9.17) is 0 Å². The summed E-state index contributed by atoms with van der Waals surface area (Å²) in [6, 6.07) is 3.06. The fourth-order valence-corrected chi connectivity index (χ4v) is 2.58. The van der Waals surface area contributed by atoms with Gasteiger partial charge in [0.2, 0.25) is 0 Å². The van der Waals surface area contributed by atoms with E-state index in [-0.39, 0.29) is 12.0 Å². The van der Waals surface area contributed by atoms with Crippen LogP contribution in [0, 0.1) is 18.6 Å². The first kappa shape index (κ1) is 15.1. The van der Waals surface area contributed by atoms with Gasteiger partial charge in [0, 0.05) is 19.0 Å². The summed E-state index contributed by atoms with van der Waals surface area (Å²) in [5, 5.41) is 14.5. The minimum Gasteiger partial charge on any atom is -0.388 e. The van der Waals surface area contributed by atoms with Gasteiger partial charge in [-0.15, -0.1) is 0 Å². The number of aliphatic hydroxyl groups excluding tert-OH is 1. The normalized spacial score (nSPS) is 12.7. The van der Waals surface area contributed by atoms with E-state index in [0.29, 0.717) is 6.54 Å². The summed E-state index contributed by atoms with van der Waals surface area (Å²) in [6.07, 6.45) is -0.754. The molecule has 0 fully saturated rings. The van der Waals surface area contributed by atoms with Crippen LogP contribution in [0.3, 0.4) is 0 Å². The zero-order valence-corrected chi connectivity index (χ0v) is 12.8. The Hall–Kier alpha value is -1.27. The van der Waals surface area contributed by atoms with Gasteiger partial charge >= 0.3 is 0 Å². The smallest absolute Gasteiger partial charge is 0.126 e. The van der Waals surface area contributed by atoms with E-state index in [1.54, 1.807) is 4.68 Å². The number of aryl methyl sites for hydroxylation is 2. The van der Waals surface area contributed by atoms with Gasteiger partial charge in [-0.25, -0.2) is 8.78 Å². The summed E-state index contributed by atoms with van der Waals surface area (Å²) in [7, 11) is 0. The third-order valence-electron chi connectivity index (χ3n) is 3.11. The Labute approximate surface area is 124 Å².